The van der Waals surface area contributed by atoms with Crippen molar-refractivity contribution in [2.75, 3.05) is 0 Å². The molecule has 86 valence electrons. The molecule has 2 N–H and O–H groups in total. The topological polar surface area (TPSA) is 57.5 Å². The van der Waals surface area contributed by atoms with E-state index >= 15 is 0 Å². The zero-order chi connectivity index (χ0) is 12.0. The maximum absolute atomic E-state index is 13.9. The minimum atomic E-state index is -1.18. The van der Waals surface area contributed by atoms with Gasteiger partial charge in [0.15, 0.2) is 0 Å². The lowest BCUT2D eigenvalue weighted by Crippen LogP contribution is -2.06. The average Bonchev–Trinajstić information content (AvgIpc) is 2.48. The molecular weight excluding hydrogens is 279 g/mol. The predicted molar refractivity (Wildman–Crippen MR) is 58.9 cm³/mol. The van der Waals surface area contributed by atoms with Crippen LogP contribution in [0, 0.1) is 11.7 Å². The number of carbonyl (C=O) groups is 1. The van der Waals surface area contributed by atoms with E-state index < -0.39 is 17.9 Å². The van der Waals surface area contributed by atoms with Crippen LogP contribution in [0.2, 0.25) is 0 Å². The van der Waals surface area contributed by atoms with E-state index in [0.29, 0.717) is 12.0 Å². The fraction of sp³-hybridized carbons (Fsp3) is 0.364. The number of benzene rings is 1. The Morgan fingerprint density at radius 1 is 1.62 bits per heavy atom. The third-order valence-electron chi connectivity index (χ3n) is 2.94. The molecule has 0 fully saturated rings. The maximum Gasteiger partial charge on any atom is 0.336 e. The van der Waals surface area contributed by atoms with Crippen molar-refractivity contribution in [2.45, 2.75) is 19.4 Å². The summed E-state index contributed by atoms with van der Waals surface area (Å²) in [5, 5.41) is 18.7. The monoisotopic (exact) mass is 288 g/mol. The lowest BCUT2D eigenvalue weighted by molar-refractivity contribution is 0.0694. The summed E-state index contributed by atoms with van der Waals surface area (Å²) in [5.74, 6) is -1.92. The van der Waals surface area contributed by atoms with Crippen LogP contribution in [0.25, 0.3) is 0 Å². The van der Waals surface area contributed by atoms with Gasteiger partial charge in [-0.25, -0.2) is 9.18 Å². The first-order valence-corrected chi connectivity index (χ1v) is 5.65. The second-order valence-electron chi connectivity index (χ2n) is 4.06. The van der Waals surface area contributed by atoms with E-state index in [0.717, 1.165) is 0 Å². The number of hydrogen-bond donors (Lipinski definition) is 2. The van der Waals surface area contributed by atoms with Gasteiger partial charge in [0, 0.05) is 5.56 Å². The second-order valence-corrected chi connectivity index (χ2v) is 4.85. The molecule has 1 aliphatic carbocycles. The molecule has 1 aromatic carbocycles. The van der Waals surface area contributed by atoms with Crippen LogP contribution in [0.5, 0.6) is 0 Å². The molecule has 2 rings (SSSR count). The zero-order valence-electron chi connectivity index (χ0n) is 8.50. The highest BCUT2D eigenvalue weighted by atomic mass is 79.9. The van der Waals surface area contributed by atoms with E-state index in [1.54, 1.807) is 6.92 Å². The summed E-state index contributed by atoms with van der Waals surface area (Å²) in [5.41, 5.74) is 0.708. The van der Waals surface area contributed by atoms with Crippen LogP contribution >= 0.6 is 15.9 Å². The van der Waals surface area contributed by atoms with Crippen LogP contribution in [0.1, 0.15) is 34.5 Å². The molecule has 3 nitrogen and oxygen atoms in total. The van der Waals surface area contributed by atoms with Crippen molar-refractivity contribution >= 4 is 21.9 Å². The van der Waals surface area contributed by atoms with Crippen LogP contribution in [0.15, 0.2) is 10.5 Å². The van der Waals surface area contributed by atoms with Gasteiger partial charge in [0.05, 0.1) is 16.1 Å². The van der Waals surface area contributed by atoms with E-state index in [1.807, 2.05) is 0 Å². The smallest absolute Gasteiger partial charge is 0.336 e. The van der Waals surface area contributed by atoms with Crippen LogP contribution in [0.4, 0.5) is 4.39 Å². The van der Waals surface area contributed by atoms with Crippen molar-refractivity contribution in [3.8, 4) is 0 Å². The molecule has 0 saturated carbocycles. The quantitative estimate of drug-likeness (QED) is 0.835. The largest absolute Gasteiger partial charge is 0.478 e. The number of rotatable bonds is 1. The van der Waals surface area contributed by atoms with E-state index in [2.05, 4.69) is 15.9 Å². The first kappa shape index (κ1) is 11.5. The molecular formula is C11H10BrFO3. The Balaban J connectivity index is 2.66. The summed E-state index contributed by atoms with van der Waals surface area (Å²) in [6, 6.07) is 1.43. The highest BCUT2D eigenvalue weighted by Gasteiger charge is 2.33. The highest BCUT2D eigenvalue weighted by Crippen LogP contribution is 2.40. The Labute approximate surface area is 100 Å². The van der Waals surface area contributed by atoms with Crippen LogP contribution in [0.3, 0.4) is 0 Å². The average molecular weight is 289 g/mol. The van der Waals surface area contributed by atoms with Gasteiger partial charge >= 0.3 is 5.97 Å². The highest BCUT2D eigenvalue weighted by molar-refractivity contribution is 9.10. The molecule has 2 atom stereocenters. The summed E-state index contributed by atoms with van der Waals surface area (Å²) in [6.45, 7) is 1.80. The normalized spacial score (nSPS) is 23.2. The molecule has 16 heavy (non-hydrogen) atoms. The Bertz CT molecular complexity index is 473. The molecule has 5 heteroatoms. The molecule has 1 aliphatic rings. The number of hydrogen-bond acceptors (Lipinski definition) is 2. The summed E-state index contributed by atoms with van der Waals surface area (Å²) >= 11 is 2.91. The van der Waals surface area contributed by atoms with Gasteiger partial charge in [0.2, 0.25) is 0 Å². The van der Waals surface area contributed by atoms with Gasteiger partial charge in [-0.15, -0.1) is 0 Å². The van der Waals surface area contributed by atoms with Gasteiger partial charge in [-0.1, -0.05) is 6.92 Å². The van der Waals surface area contributed by atoms with Crippen molar-refractivity contribution in [3.05, 3.63) is 33.0 Å². The third-order valence-corrected chi connectivity index (χ3v) is 3.71. The second kappa shape index (κ2) is 3.82. The summed E-state index contributed by atoms with van der Waals surface area (Å²) in [6.07, 6.45) is -0.352. The van der Waals surface area contributed by atoms with E-state index in [9.17, 15) is 14.3 Å². The third kappa shape index (κ3) is 1.55. The van der Waals surface area contributed by atoms with Crippen molar-refractivity contribution in [3.63, 3.8) is 0 Å². The molecule has 0 heterocycles. The molecule has 0 spiro atoms. The van der Waals surface area contributed by atoms with E-state index in [1.165, 1.54) is 6.07 Å². The fourth-order valence-electron chi connectivity index (χ4n) is 2.08. The predicted octanol–water partition coefficient (Wildman–Crippen LogP) is 2.51. The minimum Gasteiger partial charge on any atom is -0.478 e. The SMILES string of the molecule is C[C@@H]1Cc2cc(C(=O)O)c(Br)c(F)c2[C@H]1O. The number of halogens is 2. The minimum absolute atomic E-state index is 0.0829. The molecule has 0 amide bonds. The number of aromatic carboxylic acids is 1. The molecule has 0 bridgehead atoms. The molecule has 0 aromatic heterocycles. The molecule has 0 saturated heterocycles. The van der Waals surface area contributed by atoms with Gasteiger partial charge in [-0.3, -0.25) is 0 Å². The summed E-state index contributed by atoms with van der Waals surface area (Å²) in [7, 11) is 0. The van der Waals surface area contributed by atoms with Crippen LogP contribution in [-0.2, 0) is 6.42 Å². The van der Waals surface area contributed by atoms with Gasteiger partial charge in [0.1, 0.15) is 5.82 Å². The molecule has 0 unspecified atom stereocenters. The Morgan fingerprint density at radius 2 is 2.25 bits per heavy atom. The van der Waals surface area contributed by atoms with Crippen LogP contribution < -0.4 is 0 Å². The van der Waals surface area contributed by atoms with Gasteiger partial charge < -0.3 is 10.2 Å². The van der Waals surface area contributed by atoms with Gasteiger partial charge in [-0.05, 0) is 39.9 Å². The lowest BCUT2D eigenvalue weighted by atomic mass is 10.0. The number of carboxylic acid groups (broad SMARTS) is 1. The Hall–Kier alpha value is -0.940. The van der Waals surface area contributed by atoms with Crippen molar-refractivity contribution in [1.82, 2.24) is 0 Å². The first-order valence-electron chi connectivity index (χ1n) is 4.85. The van der Waals surface area contributed by atoms with E-state index in [4.69, 9.17) is 5.11 Å². The van der Waals surface area contributed by atoms with Gasteiger partial charge in [0.25, 0.3) is 0 Å². The Morgan fingerprint density at radius 3 is 2.81 bits per heavy atom. The number of fused-ring (bicyclic) bond motifs is 1. The van der Waals surface area contributed by atoms with Crippen LogP contribution in [-0.4, -0.2) is 16.2 Å². The molecule has 1 aromatic rings. The standard InChI is InChI=1S/C11H10BrFO3/c1-4-2-5-3-6(11(15)16)8(12)9(13)7(5)10(4)14/h3-4,10,14H,2H2,1H3,(H,15,16)/t4-,10+/m1/s1. The first-order chi connectivity index (χ1) is 7.43. The maximum atomic E-state index is 13.9. The number of aliphatic hydroxyl groups excluding tert-OH is 1. The molecule has 0 aliphatic heterocycles. The number of carboxylic acids is 1. The zero-order valence-corrected chi connectivity index (χ0v) is 10.1. The Kier molecular flexibility index (Phi) is 2.75. The van der Waals surface area contributed by atoms with Crippen molar-refractivity contribution in [2.24, 2.45) is 5.92 Å². The molecule has 0 radical (unpaired) electrons. The number of aliphatic hydroxyl groups is 1. The fourth-order valence-corrected chi connectivity index (χ4v) is 2.58. The lowest BCUT2D eigenvalue weighted by Gasteiger charge is -2.11. The summed E-state index contributed by atoms with van der Waals surface area (Å²) < 4.78 is 13.8. The van der Waals surface area contributed by atoms with Crippen molar-refractivity contribution < 1.29 is 19.4 Å². The van der Waals surface area contributed by atoms with E-state index in [-0.39, 0.29) is 21.5 Å². The van der Waals surface area contributed by atoms with Gasteiger partial charge in [-0.2, -0.15) is 0 Å². The van der Waals surface area contributed by atoms with Crippen molar-refractivity contribution in [1.29, 1.82) is 0 Å². The summed E-state index contributed by atoms with van der Waals surface area (Å²) in [4.78, 5) is 10.9.